The lowest BCUT2D eigenvalue weighted by Crippen LogP contribution is -2.49. The molecule has 0 unspecified atom stereocenters. The highest BCUT2D eigenvalue weighted by atomic mass is 16.5. The maximum Gasteiger partial charge on any atom is 0.379 e. The molecule has 2 heterocycles. The number of anilines is 1. The van der Waals surface area contributed by atoms with Gasteiger partial charge in [0.25, 0.3) is 0 Å². The fourth-order valence-electron chi connectivity index (χ4n) is 6.58. The molecule has 1 fully saturated rings. The van der Waals surface area contributed by atoms with Gasteiger partial charge in [0.15, 0.2) is 0 Å². The topological polar surface area (TPSA) is 76.8 Å². The molecule has 4 aromatic rings. The molecule has 0 saturated carbocycles. The third-order valence-electron chi connectivity index (χ3n) is 8.04. The normalized spacial score (nSPS) is 25.4. The maximum absolute atomic E-state index is 14.1. The minimum Gasteiger partial charge on any atom is -0.457 e. The highest BCUT2D eigenvalue weighted by Crippen LogP contribution is 2.67. The van der Waals surface area contributed by atoms with Gasteiger partial charge in [-0.15, -0.1) is 0 Å². The molecule has 3 aromatic carbocycles. The zero-order chi connectivity index (χ0) is 24.6. The van der Waals surface area contributed by atoms with Gasteiger partial charge in [-0.25, -0.2) is 9.69 Å². The van der Waals surface area contributed by atoms with Gasteiger partial charge in [0, 0.05) is 11.8 Å². The zero-order valence-corrected chi connectivity index (χ0v) is 19.4. The van der Waals surface area contributed by atoms with E-state index in [9.17, 15) is 14.4 Å². The predicted molar refractivity (Wildman–Crippen MR) is 131 cm³/mol. The van der Waals surface area contributed by atoms with E-state index >= 15 is 0 Å². The van der Waals surface area contributed by atoms with Crippen LogP contribution in [-0.4, -0.2) is 17.8 Å². The number of furan rings is 1. The fourth-order valence-corrected chi connectivity index (χ4v) is 6.58. The van der Waals surface area contributed by atoms with E-state index in [1.165, 1.54) is 17.2 Å². The Balaban J connectivity index is 1.28. The smallest absolute Gasteiger partial charge is 0.379 e. The Kier molecular flexibility index (Phi) is 4.22. The van der Waals surface area contributed by atoms with Crippen molar-refractivity contribution >= 4 is 23.5 Å². The van der Waals surface area contributed by atoms with Crippen LogP contribution < -0.4 is 9.64 Å². The van der Waals surface area contributed by atoms with E-state index in [-0.39, 0.29) is 29.4 Å². The molecule has 6 nitrogen and oxygen atoms in total. The van der Waals surface area contributed by atoms with Gasteiger partial charge in [-0.3, -0.25) is 9.59 Å². The number of carbonyl (C=O) groups excluding carboxylic acids is 3. The molecular formula is C30H21NO5. The summed E-state index contributed by atoms with van der Waals surface area (Å²) in [7, 11) is 0. The van der Waals surface area contributed by atoms with E-state index in [2.05, 4.69) is 24.3 Å². The summed E-state index contributed by atoms with van der Waals surface area (Å²) in [6.07, 6.45) is 1.40. The van der Waals surface area contributed by atoms with Gasteiger partial charge in [-0.1, -0.05) is 48.5 Å². The second-order valence-corrected chi connectivity index (χ2v) is 9.77. The van der Waals surface area contributed by atoms with Gasteiger partial charge < -0.3 is 9.15 Å². The number of carbonyl (C=O) groups is 3. The molecular weight excluding hydrogens is 454 g/mol. The summed E-state index contributed by atoms with van der Waals surface area (Å²) >= 11 is 0. The molecule has 2 bridgehead atoms. The fraction of sp³-hybridized carbons (Fsp3) is 0.167. The molecule has 2 amide bonds. The number of ether oxygens (including phenoxy) is 1. The molecule has 1 aromatic heterocycles. The van der Waals surface area contributed by atoms with Crippen LogP contribution >= 0.6 is 0 Å². The molecule has 0 radical (unpaired) electrons. The van der Waals surface area contributed by atoms with Gasteiger partial charge in [0.2, 0.25) is 17.6 Å². The number of hydrogen-bond donors (Lipinski definition) is 0. The molecule has 2 atom stereocenters. The van der Waals surface area contributed by atoms with Crippen molar-refractivity contribution in [2.45, 2.75) is 18.8 Å². The van der Waals surface area contributed by atoms with E-state index in [4.69, 9.17) is 9.15 Å². The molecule has 4 aliphatic rings. The third kappa shape index (κ3) is 2.58. The van der Waals surface area contributed by atoms with E-state index in [0.717, 1.165) is 22.3 Å². The van der Waals surface area contributed by atoms with Crippen LogP contribution in [0, 0.1) is 11.3 Å². The summed E-state index contributed by atoms with van der Waals surface area (Å²) in [6, 6.07) is 25.9. The van der Waals surface area contributed by atoms with Gasteiger partial charge in [0.05, 0.1) is 23.3 Å². The van der Waals surface area contributed by atoms with Crippen molar-refractivity contribution in [2.24, 2.45) is 11.3 Å². The van der Waals surface area contributed by atoms with Gasteiger partial charge in [-0.2, -0.15) is 0 Å². The summed E-state index contributed by atoms with van der Waals surface area (Å²) in [5.41, 5.74) is 4.09. The molecule has 6 heteroatoms. The lowest BCUT2D eigenvalue weighted by Gasteiger charge is -2.51. The Morgan fingerprint density at radius 3 is 2.03 bits per heavy atom. The van der Waals surface area contributed by atoms with Crippen LogP contribution in [0.15, 0.2) is 95.6 Å². The average Bonchev–Trinajstić information content (AvgIpc) is 3.51. The minimum atomic E-state index is -0.894. The number of imide groups is 1. The Morgan fingerprint density at radius 1 is 0.833 bits per heavy atom. The van der Waals surface area contributed by atoms with Gasteiger partial charge in [0.1, 0.15) is 5.75 Å². The summed E-state index contributed by atoms with van der Waals surface area (Å²) in [6.45, 7) is 1.95. The van der Waals surface area contributed by atoms with Crippen molar-refractivity contribution in [3.63, 3.8) is 0 Å². The van der Waals surface area contributed by atoms with Crippen molar-refractivity contribution < 1.29 is 23.5 Å². The lowest BCUT2D eigenvalue weighted by atomic mass is 9.48. The zero-order valence-electron chi connectivity index (χ0n) is 19.4. The predicted octanol–water partition coefficient (Wildman–Crippen LogP) is 5.29. The first-order valence-electron chi connectivity index (χ1n) is 11.9. The monoisotopic (exact) mass is 475 g/mol. The molecule has 8 rings (SSSR count). The first-order valence-corrected chi connectivity index (χ1v) is 11.9. The van der Waals surface area contributed by atoms with E-state index < -0.39 is 17.3 Å². The van der Waals surface area contributed by atoms with E-state index in [1.54, 1.807) is 30.3 Å². The Morgan fingerprint density at radius 2 is 1.44 bits per heavy atom. The van der Waals surface area contributed by atoms with Crippen LogP contribution in [-0.2, 0) is 9.59 Å². The molecule has 1 aliphatic heterocycles. The molecule has 3 aliphatic carbocycles. The Hall–Kier alpha value is -4.45. The van der Waals surface area contributed by atoms with E-state index in [1.807, 2.05) is 31.2 Å². The summed E-state index contributed by atoms with van der Waals surface area (Å²) in [4.78, 5) is 41.6. The van der Waals surface area contributed by atoms with Crippen LogP contribution in [0.3, 0.4) is 0 Å². The maximum atomic E-state index is 14.1. The first-order chi connectivity index (χ1) is 17.5. The van der Waals surface area contributed by atoms with E-state index in [0.29, 0.717) is 11.4 Å². The quantitative estimate of drug-likeness (QED) is 0.229. The molecule has 1 saturated heterocycles. The SMILES string of the molecule is C[C@@]12C(=O)N(c3ccc(OC(=O)c4ccco4)cc3)C(=O)[C@@H]1C1c3ccccc3C2c2ccccc21. The van der Waals surface area contributed by atoms with Crippen LogP contribution in [0.5, 0.6) is 5.75 Å². The van der Waals surface area contributed by atoms with Crippen molar-refractivity contribution in [3.8, 4) is 5.75 Å². The summed E-state index contributed by atoms with van der Waals surface area (Å²) < 4.78 is 10.4. The molecule has 176 valence electrons. The third-order valence-corrected chi connectivity index (χ3v) is 8.04. The summed E-state index contributed by atoms with van der Waals surface area (Å²) in [5.74, 6) is -1.49. The first kappa shape index (κ1) is 20.9. The second kappa shape index (κ2) is 7.28. The number of esters is 1. The number of rotatable bonds is 3. The highest BCUT2D eigenvalue weighted by molar-refractivity contribution is 6.25. The number of amides is 2. The lowest BCUT2D eigenvalue weighted by molar-refractivity contribution is -0.128. The van der Waals surface area contributed by atoms with Crippen molar-refractivity contribution in [3.05, 3.63) is 119 Å². The molecule has 36 heavy (non-hydrogen) atoms. The highest BCUT2D eigenvalue weighted by Gasteiger charge is 2.68. The number of nitrogens with zero attached hydrogens (tertiary/aromatic N) is 1. The van der Waals surface area contributed by atoms with Crippen molar-refractivity contribution in [1.29, 1.82) is 0 Å². The van der Waals surface area contributed by atoms with Crippen molar-refractivity contribution in [2.75, 3.05) is 4.90 Å². The van der Waals surface area contributed by atoms with Crippen LogP contribution in [0.4, 0.5) is 5.69 Å². The minimum absolute atomic E-state index is 0.0931. The molecule has 0 spiro atoms. The van der Waals surface area contributed by atoms with Gasteiger partial charge in [-0.05, 0) is 65.6 Å². The molecule has 0 N–H and O–H groups in total. The largest absolute Gasteiger partial charge is 0.457 e. The second-order valence-electron chi connectivity index (χ2n) is 9.77. The van der Waals surface area contributed by atoms with Crippen LogP contribution in [0.25, 0.3) is 0 Å². The Labute approximate surface area is 207 Å². The Bertz CT molecular complexity index is 1510. The van der Waals surface area contributed by atoms with Gasteiger partial charge >= 0.3 is 5.97 Å². The van der Waals surface area contributed by atoms with Crippen molar-refractivity contribution in [1.82, 2.24) is 0 Å². The standard InChI is InChI=1S/C30H21NO5/c1-30-25-21-9-4-2-7-19(21)24(20-8-3-5-10-22(20)25)26(30)27(32)31(29(30)34)17-12-14-18(15-13-17)36-28(33)23-11-6-16-35-23/h2-16,24-26H,1H3/t24?,25?,26-,30-/m0/s1. The number of benzene rings is 3. The van der Waals surface area contributed by atoms with Crippen LogP contribution in [0.2, 0.25) is 0 Å². The number of hydrogen-bond acceptors (Lipinski definition) is 5. The van der Waals surface area contributed by atoms with Crippen LogP contribution in [0.1, 0.15) is 51.6 Å². The summed E-state index contributed by atoms with van der Waals surface area (Å²) in [5, 5.41) is 0. The average molecular weight is 476 g/mol.